The van der Waals surface area contributed by atoms with Crippen LogP contribution in [0.3, 0.4) is 0 Å². The van der Waals surface area contributed by atoms with E-state index in [9.17, 15) is 28.5 Å². The van der Waals surface area contributed by atoms with E-state index in [2.05, 4.69) is 5.32 Å². The van der Waals surface area contributed by atoms with E-state index in [1.165, 1.54) is 47.2 Å². The van der Waals surface area contributed by atoms with Crippen molar-refractivity contribution in [3.8, 4) is 0 Å². The third kappa shape index (κ3) is 4.09. The Balaban J connectivity index is 1.83. The number of carbonyl (C=O) groups is 1. The van der Waals surface area contributed by atoms with Crippen molar-refractivity contribution < 1.29 is 18.5 Å². The van der Waals surface area contributed by atoms with Gasteiger partial charge in [-0.15, -0.1) is 0 Å². The molecule has 0 aliphatic heterocycles. The second kappa shape index (κ2) is 7.78. The molecule has 1 aromatic heterocycles. The molecule has 1 N–H and O–H groups in total. The lowest BCUT2D eigenvalue weighted by Gasteiger charge is -2.09. The van der Waals surface area contributed by atoms with E-state index in [0.29, 0.717) is 11.6 Å². The van der Waals surface area contributed by atoms with Gasteiger partial charge in [0.15, 0.2) is 0 Å². The Kier molecular flexibility index (Phi) is 5.25. The molecular formula is C19H13F2N3O4. The van der Waals surface area contributed by atoms with Gasteiger partial charge < -0.3 is 9.88 Å². The smallest absolute Gasteiger partial charge is 0.269 e. The maximum atomic E-state index is 13.7. The van der Waals surface area contributed by atoms with Crippen molar-refractivity contribution in [1.82, 2.24) is 4.57 Å². The minimum Gasteiger partial charge on any atom is -0.319 e. The number of aromatic nitrogens is 1. The zero-order valence-corrected chi connectivity index (χ0v) is 14.3. The Morgan fingerprint density at radius 2 is 1.82 bits per heavy atom. The molecule has 7 nitrogen and oxygen atoms in total. The summed E-state index contributed by atoms with van der Waals surface area (Å²) in [6, 6.07) is 11.1. The molecule has 28 heavy (non-hydrogen) atoms. The fourth-order valence-corrected chi connectivity index (χ4v) is 2.53. The van der Waals surface area contributed by atoms with Crippen LogP contribution in [0.5, 0.6) is 0 Å². The van der Waals surface area contributed by atoms with Crippen LogP contribution in [0.4, 0.5) is 20.2 Å². The Labute approximate surface area is 157 Å². The number of carbonyl (C=O) groups excluding carboxylic acids is 1. The minimum absolute atomic E-state index is 0.0782. The summed E-state index contributed by atoms with van der Waals surface area (Å²) in [6.07, 6.45) is 1.46. The van der Waals surface area contributed by atoms with Gasteiger partial charge in [-0.25, -0.2) is 8.78 Å². The SMILES string of the molecule is O=C(Nc1ccc(F)cc1F)c1cccn(Cc2ccc([N+](=O)[O-])cc2)c1=O. The molecular weight excluding hydrogens is 372 g/mol. The largest absolute Gasteiger partial charge is 0.319 e. The molecule has 0 unspecified atom stereocenters. The first-order valence-corrected chi connectivity index (χ1v) is 8.04. The Morgan fingerprint density at radius 3 is 2.46 bits per heavy atom. The number of hydrogen-bond acceptors (Lipinski definition) is 4. The average Bonchev–Trinajstić information content (AvgIpc) is 2.66. The number of nitrogens with one attached hydrogen (secondary N) is 1. The van der Waals surface area contributed by atoms with Crippen LogP contribution < -0.4 is 10.9 Å². The third-order valence-electron chi connectivity index (χ3n) is 3.94. The number of non-ortho nitro benzene ring substituents is 1. The van der Waals surface area contributed by atoms with Crippen molar-refractivity contribution in [3.05, 3.63) is 104 Å². The number of rotatable bonds is 5. The van der Waals surface area contributed by atoms with Crippen molar-refractivity contribution in [1.29, 1.82) is 0 Å². The molecule has 2 aromatic carbocycles. The van der Waals surface area contributed by atoms with E-state index in [-0.39, 0.29) is 23.5 Å². The van der Waals surface area contributed by atoms with E-state index in [0.717, 1.165) is 12.1 Å². The van der Waals surface area contributed by atoms with E-state index in [4.69, 9.17) is 0 Å². The van der Waals surface area contributed by atoms with Crippen molar-refractivity contribution in [2.45, 2.75) is 6.54 Å². The summed E-state index contributed by atoms with van der Waals surface area (Å²) in [5, 5.41) is 12.9. The molecule has 0 saturated carbocycles. The zero-order chi connectivity index (χ0) is 20.3. The molecule has 3 rings (SSSR count). The first-order valence-electron chi connectivity index (χ1n) is 8.04. The monoisotopic (exact) mass is 385 g/mol. The van der Waals surface area contributed by atoms with Crippen molar-refractivity contribution in [2.24, 2.45) is 0 Å². The standard InChI is InChI=1S/C19H13F2N3O4/c20-13-5-8-17(16(21)10-13)22-18(25)15-2-1-9-23(19(15)26)11-12-3-6-14(7-4-12)24(27)28/h1-10H,11H2,(H,22,25). The highest BCUT2D eigenvalue weighted by Crippen LogP contribution is 2.16. The number of amides is 1. The first kappa shape index (κ1) is 18.9. The number of hydrogen-bond donors (Lipinski definition) is 1. The quantitative estimate of drug-likeness (QED) is 0.538. The predicted octanol–water partition coefficient (Wildman–Crippen LogP) is 3.34. The summed E-state index contributed by atoms with van der Waals surface area (Å²) in [6.45, 7) is 0.0862. The van der Waals surface area contributed by atoms with Gasteiger partial charge in [0.2, 0.25) is 0 Å². The highest BCUT2D eigenvalue weighted by molar-refractivity contribution is 6.04. The number of anilines is 1. The predicted molar refractivity (Wildman–Crippen MR) is 97.2 cm³/mol. The molecule has 0 radical (unpaired) electrons. The van der Waals surface area contributed by atoms with E-state index in [1.54, 1.807) is 0 Å². The molecule has 1 amide bonds. The summed E-state index contributed by atoms with van der Waals surface area (Å²) in [5.74, 6) is -2.59. The van der Waals surface area contributed by atoms with Crippen LogP contribution in [-0.2, 0) is 6.54 Å². The summed E-state index contributed by atoms with van der Waals surface area (Å²) in [5.41, 5.74) is -0.564. The summed E-state index contributed by atoms with van der Waals surface area (Å²) in [4.78, 5) is 35.1. The van der Waals surface area contributed by atoms with Gasteiger partial charge >= 0.3 is 0 Å². The summed E-state index contributed by atoms with van der Waals surface area (Å²) < 4.78 is 27.9. The number of benzene rings is 2. The summed E-state index contributed by atoms with van der Waals surface area (Å²) >= 11 is 0. The molecule has 0 aliphatic rings. The molecule has 0 aliphatic carbocycles. The highest BCUT2D eigenvalue weighted by Gasteiger charge is 2.15. The molecule has 9 heteroatoms. The molecule has 0 spiro atoms. The minimum atomic E-state index is -0.963. The van der Waals surface area contributed by atoms with Crippen LogP contribution in [0.1, 0.15) is 15.9 Å². The van der Waals surface area contributed by atoms with Gasteiger partial charge in [0, 0.05) is 24.4 Å². The Hall–Kier alpha value is -3.88. The van der Waals surface area contributed by atoms with Gasteiger partial charge in [-0.05, 0) is 29.8 Å². The van der Waals surface area contributed by atoms with Crippen molar-refractivity contribution in [2.75, 3.05) is 5.32 Å². The average molecular weight is 385 g/mol. The van der Waals surface area contributed by atoms with E-state index in [1.807, 2.05) is 0 Å². The highest BCUT2D eigenvalue weighted by atomic mass is 19.1. The van der Waals surface area contributed by atoms with Gasteiger partial charge in [-0.3, -0.25) is 19.7 Å². The van der Waals surface area contributed by atoms with Crippen LogP contribution in [-0.4, -0.2) is 15.4 Å². The van der Waals surface area contributed by atoms with Crippen LogP contribution >= 0.6 is 0 Å². The lowest BCUT2D eigenvalue weighted by Crippen LogP contribution is -2.29. The van der Waals surface area contributed by atoms with E-state index < -0.39 is 28.0 Å². The lowest BCUT2D eigenvalue weighted by atomic mass is 10.2. The number of pyridine rings is 1. The van der Waals surface area contributed by atoms with E-state index >= 15 is 0 Å². The Morgan fingerprint density at radius 1 is 1.11 bits per heavy atom. The maximum Gasteiger partial charge on any atom is 0.269 e. The van der Waals surface area contributed by atoms with Gasteiger partial charge in [0.25, 0.3) is 17.2 Å². The fourth-order valence-electron chi connectivity index (χ4n) is 2.53. The third-order valence-corrected chi connectivity index (χ3v) is 3.94. The molecule has 1 heterocycles. The van der Waals surface area contributed by atoms with Crippen LogP contribution in [0.15, 0.2) is 65.6 Å². The number of nitro benzene ring substituents is 1. The van der Waals surface area contributed by atoms with Crippen LogP contribution in [0.25, 0.3) is 0 Å². The second-order valence-corrected chi connectivity index (χ2v) is 5.86. The number of halogens is 2. The van der Waals surface area contributed by atoms with Crippen molar-refractivity contribution in [3.63, 3.8) is 0 Å². The molecule has 0 fully saturated rings. The topological polar surface area (TPSA) is 94.2 Å². The maximum absolute atomic E-state index is 13.7. The lowest BCUT2D eigenvalue weighted by molar-refractivity contribution is -0.384. The van der Waals surface area contributed by atoms with Gasteiger partial charge in [-0.1, -0.05) is 12.1 Å². The first-order chi connectivity index (χ1) is 13.3. The van der Waals surface area contributed by atoms with Gasteiger partial charge in [0.1, 0.15) is 17.2 Å². The van der Waals surface area contributed by atoms with Crippen LogP contribution in [0, 0.1) is 21.7 Å². The van der Waals surface area contributed by atoms with Crippen LogP contribution in [0.2, 0.25) is 0 Å². The normalized spacial score (nSPS) is 10.5. The summed E-state index contributed by atoms with van der Waals surface area (Å²) in [7, 11) is 0. The zero-order valence-electron chi connectivity index (χ0n) is 14.3. The van der Waals surface area contributed by atoms with Crippen molar-refractivity contribution >= 4 is 17.3 Å². The molecule has 142 valence electrons. The molecule has 0 bridgehead atoms. The fraction of sp³-hybridized carbons (Fsp3) is 0.0526. The Bertz CT molecular complexity index is 1110. The molecule has 3 aromatic rings. The second-order valence-electron chi connectivity index (χ2n) is 5.86. The van der Waals surface area contributed by atoms with Gasteiger partial charge in [0.05, 0.1) is 17.2 Å². The molecule has 0 saturated heterocycles. The number of nitro groups is 1. The van der Waals surface area contributed by atoms with Gasteiger partial charge in [-0.2, -0.15) is 0 Å². The molecule has 0 atom stereocenters. The number of nitrogens with zero attached hydrogens (tertiary/aromatic N) is 2.